The van der Waals surface area contributed by atoms with Crippen LogP contribution in [0.3, 0.4) is 0 Å². The molecule has 12 heteroatoms. The van der Waals surface area contributed by atoms with Gasteiger partial charge in [-0.3, -0.25) is 10.1 Å². The van der Waals surface area contributed by atoms with Crippen LogP contribution in [0, 0.1) is 10.1 Å². The number of hydrogen-bond acceptors (Lipinski definition) is 11. The van der Waals surface area contributed by atoms with Crippen molar-refractivity contribution in [2.75, 3.05) is 34.2 Å². The highest BCUT2D eigenvalue weighted by atomic mass is 16.6. The molecule has 0 unspecified atom stereocenters. The van der Waals surface area contributed by atoms with E-state index >= 15 is 0 Å². The number of nitro groups is 1. The van der Waals surface area contributed by atoms with Crippen molar-refractivity contribution in [2.24, 2.45) is 0 Å². The third-order valence-electron chi connectivity index (χ3n) is 7.72. The standard InChI is InChI=1S/C19H17N3O4.C19H19N3O2/c1-25-18-6-4-3-5-15(18)16-11-14(20-12-21-16)9-13-7-8-17(22(23)24)19(10-13)26-2;1-23-18-6-4-3-5-15(18)17-11-14(21-12-22-17)9-13-7-8-16(20)19(10-13)24-2/h3-8,10-12H,9H2,1-2H3;3-8,10-12H,9,20H2,1-2H3. The Kier molecular flexibility index (Phi) is 11.5. The molecule has 4 aromatic carbocycles. The summed E-state index contributed by atoms with van der Waals surface area (Å²) in [5.41, 5.74) is 13.5. The molecule has 0 spiro atoms. The fraction of sp³-hybridized carbons (Fsp3) is 0.158. The van der Waals surface area contributed by atoms with Crippen LogP contribution in [0.1, 0.15) is 22.5 Å². The van der Waals surface area contributed by atoms with Crippen molar-refractivity contribution in [1.29, 1.82) is 0 Å². The number of nitrogen functional groups attached to an aromatic ring is 1. The number of methoxy groups -OCH3 is 4. The Balaban J connectivity index is 0.000000195. The molecule has 6 aromatic rings. The van der Waals surface area contributed by atoms with E-state index in [0.717, 1.165) is 56.5 Å². The van der Waals surface area contributed by atoms with Crippen molar-refractivity contribution in [2.45, 2.75) is 12.8 Å². The molecule has 254 valence electrons. The van der Waals surface area contributed by atoms with Gasteiger partial charge < -0.3 is 24.7 Å². The lowest BCUT2D eigenvalue weighted by Gasteiger charge is -2.10. The average Bonchev–Trinajstić information content (AvgIpc) is 3.15. The van der Waals surface area contributed by atoms with Crippen LogP contribution >= 0.6 is 0 Å². The largest absolute Gasteiger partial charge is 0.496 e. The van der Waals surface area contributed by atoms with E-state index in [-0.39, 0.29) is 11.4 Å². The van der Waals surface area contributed by atoms with Crippen LogP contribution in [0.25, 0.3) is 22.5 Å². The molecule has 50 heavy (non-hydrogen) atoms. The zero-order valence-electron chi connectivity index (χ0n) is 28.1. The van der Waals surface area contributed by atoms with Gasteiger partial charge in [0, 0.05) is 41.4 Å². The number of hydrogen-bond donors (Lipinski definition) is 1. The molecule has 0 aliphatic rings. The summed E-state index contributed by atoms with van der Waals surface area (Å²) in [6, 6.07) is 29.8. The van der Waals surface area contributed by atoms with Gasteiger partial charge in [0.25, 0.3) is 0 Å². The molecule has 0 fully saturated rings. The summed E-state index contributed by atoms with van der Waals surface area (Å²) in [5.74, 6) is 2.42. The monoisotopic (exact) mass is 672 g/mol. The van der Waals surface area contributed by atoms with Crippen molar-refractivity contribution >= 4 is 11.4 Å². The topological polar surface area (TPSA) is 158 Å². The molecular weight excluding hydrogens is 636 g/mol. The molecule has 0 atom stereocenters. The van der Waals surface area contributed by atoms with Gasteiger partial charge >= 0.3 is 5.69 Å². The number of anilines is 1. The molecule has 0 amide bonds. The quantitative estimate of drug-likeness (QED) is 0.0859. The zero-order valence-corrected chi connectivity index (χ0v) is 28.1. The van der Waals surface area contributed by atoms with Gasteiger partial charge in [0.15, 0.2) is 5.75 Å². The van der Waals surface area contributed by atoms with Gasteiger partial charge in [0.2, 0.25) is 0 Å². The van der Waals surface area contributed by atoms with E-state index in [2.05, 4.69) is 19.9 Å². The molecule has 0 saturated heterocycles. The number of para-hydroxylation sites is 2. The maximum absolute atomic E-state index is 11.0. The normalized spacial score (nSPS) is 10.4. The summed E-state index contributed by atoms with van der Waals surface area (Å²) < 4.78 is 21.2. The lowest BCUT2D eigenvalue weighted by Crippen LogP contribution is -1.98. The SMILES string of the molecule is COc1cc(Cc2cc(-c3ccccc3OC)ncn2)ccc1N.COc1ccccc1-c1cc(Cc2ccc([N+](=O)[O-])c(OC)c2)ncn1. The Hall–Kier alpha value is -6.56. The predicted octanol–water partition coefficient (Wildman–Crippen LogP) is 6.99. The molecule has 0 aliphatic carbocycles. The lowest BCUT2D eigenvalue weighted by molar-refractivity contribution is -0.385. The van der Waals surface area contributed by atoms with Gasteiger partial charge in [0.1, 0.15) is 29.9 Å². The second-order valence-electron chi connectivity index (χ2n) is 10.9. The van der Waals surface area contributed by atoms with Crippen LogP contribution in [-0.2, 0) is 12.8 Å². The third-order valence-corrected chi connectivity index (χ3v) is 7.72. The molecule has 0 bridgehead atoms. The minimum atomic E-state index is -0.465. The summed E-state index contributed by atoms with van der Waals surface area (Å²) in [5, 5.41) is 11.0. The van der Waals surface area contributed by atoms with Gasteiger partial charge in [-0.05, 0) is 65.7 Å². The maximum atomic E-state index is 11.0. The summed E-state index contributed by atoms with van der Waals surface area (Å²) in [6.45, 7) is 0. The van der Waals surface area contributed by atoms with Gasteiger partial charge in [-0.1, -0.05) is 36.4 Å². The minimum Gasteiger partial charge on any atom is -0.496 e. The molecule has 12 nitrogen and oxygen atoms in total. The summed E-state index contributed by atoms with van der Waals surface area (Å²) >= 11 is 0. The zero-order chi connectivity index (χ0) is 35.5. The molecular formula is C38H36N6O6. The Morgan fingerprint density at radius 3 is 1.52 bits per heavy atom. The Morgan fingerprint density at radius 1 is 0.580 bits per heavy atom. The fourth-order valence-corrected chi connectivity index (χ4v) is 5.26. The number of nitrogens with two attached hydrogens (primary N) is 1. The van der Waals surface area contributed by atoms with Crippen LogP contribution in [0.2, 0.25) is 0 Å². The molecule has 2 aromatic heterocycles. The smallest absolute Gasteiger partial charge is 0.310 e. The summed E-state index contributed by atoms with van der Waals surface area (Å²) in [4.78, 5) is 27.9. The van der Waals surface area contributed by atoms with E-state index in [4.69, 9.17) is 24.7 Å². The number of rotatable bonds is 11. The van der Waals surface area contributed by atoms with Crippen LogP contribution in [0.15, 0.2) is 110 Å². The lowest BCUT2D eigenvalue weighted by atomic mass is 10.1. The van der Waals surface area contributed by atoms with E-state index < -0.39 is 4.92 Å². The minimum absolute atomic E-state index is 0.0614. The molecule has 0 aliphatic heterocycles. The first-order valence-corrected chi connectivity index (χ1v) is 15.5. The highest BCUT2D eigenvalue weighted by molar-refractivity contribution is 5.68. The molecule has 0 saturated carbocycles. The number of nitro benzene ring substituents is 1. The van der Waals surface area contributed by atoms with Crippen LogP contribution < -0.4 is 24.7 Å². The molecule has 0 radical (unpaired) electrons. The third kappa shape index (κ3) is 8.47. The first-order valence-electron chi connectivity index (χ1n) is 15.5. The van der Waals surface area contributed by atoms with Crippen LogP contribution in [0.4, 0.5) is 11.4 Å². The highest BCUT2D eigenvalue weighted by Gasteiger charge is 2.16. The Labute approximate surface area is 289 Å². The van der Waals surface area contributed by atoms with E-state index in [1.807, 2.05) is 78.9 Å². The predicted molar refractivity (Wildman–Crippen MR) is 191 cm³/mol. The number of aromatic nitrogens is 4. The second kappa shape index (κ2) is 16.5. The number of ether oxygens (including phenoxy) is 4. The van der Waals surface area contributed by atoms with Crippen molar-refractivity contribution in [3.8, 4) is 45.5 Å². The van der Waals surface area contributed by atoms with Gasteiger partial charge in [0.05, 0.1) is 50.4 Å². The van der Waals surface area contributed by atoms with Crippen molar-refractivity contribution in [1.82, 2.24) is 19.9 Å². The van der Waals surface area contributed by atoms with Gasteiger partial charge in [-0.15, -0.1) is 0 Å². The number of nitrogens with zero attached hydrogens (tertiary/aromatic N) is 5. The first-order chi connectivity index (χ1) is 24.3. The van der Waals surface area contributed by atoms with Crippen LogP contribution in [-0.4, -0.2) is 53.3 Å². The van der Waals surface area contributed by atoms with E-state index in [0.29, 0.717) is 24.3 Å². The van der Waals surface area contributed by atoms with Crippen molar-refractivity contribution in [3.05, 3.63) is 142 Å². The fourth-order valence-electron chi connectivity index (χ4n) is 5.26. The van der Waals surface area contributed by atoms with Gasteiger partial charge in [-0.2, -0.15) is 0 Å². The summed E-state index contributed by atoms with van der Waals surface area (Å²) in [6.07, 6.45) is 4.24. The molecule has 2 heterocycles. The van der Waals surface area contributed by atoms with Gasteiger partial charge in [-0.25, -0.2) is 19.9 Å². The molecule has 6 rings (SSSR count). The van der Waals surface area contributed by atoms with Crippen molar-refractivity contribution < 1.29 is 23.9 Å². The molecule has 2 N–H and O–H groups in total. The van der Waals surface area contributed by atoms with Crippen molar-refractivity contribution in [3.63, 3.8) is 0 Å². The number of benzene rings is 4. The average molecular weight is 673 g/mol. The van der Waals surface area contributed by atoms with Crippen LogP contribution in [0.5, 0.6) is 23.0 Å². The van der Waals surface area contributed by atoms with E-state index in [9.17, 15) is 10.1 Å². The van der Waals surface area contributed by atoms with E-state index in [1.54, 1.807) is 39.8 Å². The Bertz CT molecular complexity index is 2090. The maximum Gasteiger partial charge on any atom is 0.310 e. The summed E-state index contributed by atoms with van der Waals surface area (Å²) in [7, 11) is 6.29. The Morgan fingerprint density at radius 2 is 1.04 bits per heavy atom. The highest BCUT2D eigenvalue weighted by Crippen LogP contribution is 2.31. The van der Waals surface area contributed by atoms with E-state index in [1.165, 1.54) is 19.5 Å². The first kappa shape index (κ1) is 34.8. The second-order valence-corrected chi connectivity index (χ2v) is 10.9.